The Balaban J connectivity index is 1.67. The number of hydrogen-bond donors (Lipinski definition) is 2. The molecule has 0 fully saturated rings. The summed E-state index contributed by atoms with van der Waals surface area (Å²) in [5.41, 5.74) is 14.2. The fraction of sp³-hybridized carbons (Fsp3) is 0.348. The van der Waals surface area contributed by atoms with Crippen LogP contribution in [-0.2, 0) is 25.5 Å². The molecule has 6 rings (SSSR count). The molecule has 4 aromatic rings. The average Bonchev–Trinajstić information content (AvgIpc) is 3.77. The van der Waals surface area contributed by atoms with Crippen LogP contribution >= 0.6 is 17.2 Å². The number of hydrogen-bond acceptors (Lipinski definition) is 2. The van der Waals surface area contributed by atoms with Gasteiger partial charge in [-0.15, -0.1) is 0 Å². The first kappa shape index (κ1) is 40.5. The molecule has 4 aromatic carbocycles. The summed E-state index contributed by atoms with van der Waals surface area (Å²) in [7, 11) is 17.4. The van der Waals surface area contributed by atoms with Gasteiger partial charge in [-0.3, -0.25) is 0 Å². The molecule has 2 N–H and O–H groups in total. The molecule has 0 radical (unpaired) electrons. The molecule has 0 aromatic heterocycles. The van der Waals surface area contributed by atoms with Gasteiger partial charge in [-0.2, -0.15) is 0 Å². The molecule has 0 aliphatic heterocycles. The summed E-state index contributed by atoms with van der Waals surface area (Å²) >= 11 is -6.04. The summed E-state index contributed by atoms with van der Waals surface area (Å²) in [6.45, 7) is 13.4. The number of allylic oxidation sites excluding steroid dienone is 2. The quantitative estimate of drug-likeness (QED) is 0.0819. The molecule has 0 bridgehead atoms. The van der Waals surface area contributed by atoms with Gasteiger partial charge >= 0.3 is 334 Å². The number of fused-ring (bicyclic) bond motifs is 2. The summed E-state index contributed by atoms with van der Waals surface area (Å²) in [5, 5.41) is 6.04. The molecule has 4 atom stereocenters. The molecule has 0 heterocycles. The van der Waals surface area contributed by atoms with Crippen molar-refractivity contribution >= 4 is 46.7 Å². The van der Waals surface area contributed by atoms with E-state index in [9.17, 15) is 9.59 Å². The van der Waals surface area contributed by atoms with E-state index in [1.165, 1.54) is 33.4 Å². The average molecular weight is 927 g/mol. The van der Waals surface area contributed by atoms with E-state index in [2.05, 4.69) is 149 Å². The molecule has 8 heteroatoms. The summed E-state index contributed by atoms with van der Waals surface area (Å²) in [4.78, 5) is 25.1. The number of nitrogens with one attached hydrogen (secondary N) is 2. The maximum absolute atomic E-state index is 12.6. The fourth-order valence-corrected chi connectivity index (χ4v) is 39.2. The van der Waals surface area contributed by atoms with E-state index in [1.54, 1.807) is 0 Å². The number of carbonyl (C=O) groups excluding carboxylic acids is 2. The first-order chi connectivity index (χ1) is 26.1. The summed E-state index contributed by atoms with van der Waals surface area (Å²) in [6.07, 6.45) is 11.4. The van der Waals surface area contributed by atoms with Crippen molar-refractivity contribution in [2.45, 2.75) is 99.3 Å². The van der Waals surface area contributed by atoms with Crippen LogP contribution in [0, 0.1) is 0 Å². The normalized spacial score (nSPS) is 18.0. The van der Waals surface area contributed by atoms with E-state index in [4.69, 9.17) is 17.2 Å². The number of carbonyl (C=O) groups is 2. The molecule has 54 heavy (non-hydrogen) atoms. The second-order valence-electron chi connectivity index (χ2n) is 15.4. The van der Waals surface area contributed by atoms with Crippen molar-refractivity contribution in [1.82, 2.24) is 10.5 Å². The standard InChI is InChI=1S/2C22H25.C2H3BN2O2.2ClH.Hf/c2*1-4-9-17-14-18-10-8-13-21(22(18)15-17)20-12-7-6-11-19(20)16(3)5-2;6-1-4-3-5-2-7;;;/h2*6-8,10-16H,4-5,9H2,1-3H3;1-2H,(H-,4,5,6,7);2*1H;/q;;;;;+1/p-1. The molecule has 4 unspecified atom stereocenters. The summed E-state index contributed by atoms with van der Waals surface area (Å²) < 4.78 is -1.67. The number of halogens is 2. The topological polar surface area (TPSA) is 58.2 Å². The van der Waals surface area contributed by atoms with Crippen LogP contribution in [-0.4, -0.2) is 17.4 Å². The molecular weight excluding hydrogens is 873 g/mol. The second-order valence-corrected chi connectivity index (χ2v) is 45.9. The minimum absolute atomic E-state index is 0.367. The third-order valence-corrected chi connectivity index (χ3v) is 41.0. The van der Waals surface area contributed by atoms with Crippen molar-refractivity contribution in [2.75, 3.05) is 0 Å². The zero-order valence-electron chi connectivity index (χ0n) is 32.6. The van der Waals surface area contributed by atoms with Crippen LogP contribution in [0.2, 0.25) is 0 Å². The molecule has 4 nitrogen and oxygen atoms in total. The van der Waals surface area contributed by atoms with Crippen molar-refractivity contribution in [3.05, 3.63) is 129 Å². The Hall–Kier alpha value is -3.18. The zero-order chi connectivity index (χ0) is 38.6. The van der Waals surface area contributed by atoms with Crippen molar-refractivity contribution in [1.29, 1.82) is 0 Å². The van der Waals surface area contributed by atoms with Gasteiger partial charge in [0.2, 0.25) is 0 Å². The van der Waals surface area contributed by atoms with E-state index < -0.39 is 20.5 Å². The van der Waals surface area contributed by atoms with E-state index in [0.29, 0.717) is 24.7 Å². The first-order valence-corrected chi connectivity index (χ1v) is 35.0. The Morgan fingerprint density at radius 1 is 0.611 bits per heavy atom. The Morgan fingerprint density at radius 2 is 1.00 bits per heavy atom. The van der Waals surface area contributed by atoms with Crippen molar-refractivity contribution in [3.63, 3.8) is 0 Å². The third kappa shape index (κ3) is 6.94. The first-order valence-electron chi connectivity index (χ1n) is 19.9. The molecule has 281 valence electrons. The molecule has 2 amide bonds. The number of rotatable bonds is 17. The van der Waals surface area contributed by atoms with Crippen LogP contribution in [0.3, 0.4) is 0 Å². The van der Waals surface area contributed by atoms with Gasteiger partial charge in [-0.1, -0.05) is 0 Å². The van der Waals surface area contributed by atoms with Gasteiger partial charge in [-0.25, -0.2) is 0 Å². The van der Waals surface area contributed by atoms with E-state index in [-0.39, 0.29) is 7.35 Å². The minimum atomic E-state index is -6.04. The van der Waals surface area contributed by atoms with Gasteiger partial charge in [0, 0.05) is 0 Å². The van der Waals surface area contributed by atoms with Gasteiger partial charge in [0.1, 0.15) is 0 Å². The van der Waals surface area contributed by atoms with Crippen LogP contribution < -0.4 is 10.5 Å². The molecular formula is C46H54BCl2HfN2O2. The van der Waals surface area contributed by atoms with Crippen LogP contribution in [0.1, 0.15) is 133 Å². The Kier molecular flexibility index (Phi) is 12.7. The Morgan fingerprint density at radius 3 is 1.37 bits per heavy atom. The van der Waals surface area contributed by atoms with Gasteiger partial charge in [-0.05, 0) is 0 Å². The third-order valence-electron chi connectivity index (χ3n) is 12.3. The van der Waals surface area contributed by atoms with Crippen LogP contribution in [0.25, 0.3) is 34.4 Å². The van der Waals surface area contributed by atoms with Gasteiger partial charge in [0.25, 0.3) is 0 Å². The zero-order valence-corrected chi connectivity index (χ0v) is 37.7. The van der Waals surface area contributed by atoms with E-state index in [0.717, 1.165) is 71.9 Å². The summed E-state index contributed by atoms with van der Waals surface area (Å²) in [6, 6.07) is 30.5. The Labute approximate surface area is 331 Å². The Bertz CT molecular complexity index is 1950. The SMILES string of the molecule is CCCC1=Cc2c(-c3ccccc3C(C)CC)cccc2[CH]1[Hf]([Cl])([Cl])([B](NC=O)NC=O)[CH]1C(CCC)=Cc2c(-c3ccccc3C(C)CC)cccc21. The molecule has 0 saturated heterocycles. The van der Waals surface area contributed by atoms with Crippen LogP contribution in [0.15, 0.2) is 96.1 Å². The maximum atomic E-state index is 12.6. The number of amides is 2. The van der Waals surface area contributed by atoms with E-state index >= 15 is 0 Å². The predicted octanol–water partition coefficient (Wildman–Crippen LogP) is 12.7. The monoisotopic (exact) mass is 927 g/mol. The van der Waals surface area contributed by atoms with Gasteiger partial charge in [0.15, 0.2) is 0 Å². The van der Waals surface area contributed by atoms with Crippen LogP contribution in [0.4, 0.5) is 0 Å². The molecule has 0 saturated carbocycles. The van der Waals surface area contributed by atoms with Gasteiger partial charge < -0.3 is 0 Å². The second kappa shape index (κ2) is 16.9. The fourth-order valence-electron chi connectivity index (χ4n) is 9.50. The van der Waals surface area contributed by atoms with Crippen LogP contribution in [0.5, 0.6) is 0 Å². The number of benzene rings is 4. The molecule has 2 aliphatic carbocycles. The van der Waals surface area contributed by atoms with Gasteiger partial charge in [0.05, 0.1) is 0 Å². The van der Waals surface area contributed by atoms with E-state index in [1.807, 2.05) is 0 Å². The summed E-state index contributed by atoms with van der Waals surface area (Å²) in [5.74, 6) is 0.767. The van der Waals surface area contributed by atoms with Crippen molar-refractivity contribution in [3.8, 4) is 22.3 Å². The van der Waals surface area contributed by atoms with Crippen molar-refractivity contribution < 1.29 is 25.5 Å². The molecule has 2 aliphatic rings. The molecule has 0 spiro atoms. The van der Waals surface area contributed by atoms with Crippen molar-refractivity contribution in [2.24, 2.45) is 0 Å². The predicted molar refractivity (Wildman–Crippen MR) is 228 cm³/mol.